The number of ether oxygens (including phenoxy) is 2. The predicted octanol–water partition coefficient (Wildman–Crippen LogP) is 1.04. The molecule has 0 spiro atoms. The largest absolute Gasteiger partial charge is 0.466 e. The maximum absolute atomic E-state index is 12.1. The zero-order valence-electron chi connectivity index (χ0n) is 13.1. The second-order valence-corrected chi connectivity index (χ2v) is 5.22. The van der Waals surface area contributed by atoms with Gasteiger partial charge in [0.2, 0.25) is 0 Å². The molecule has 0 radical (unpaired) electrons. The molecule has 0 aromatic carbocycles. The van der Waals surface area contributed by atoms with E-state index in [4.69, 9.17) is 9.47 Å². The highest BCUT2D eigenvalue weighted by Crippen LogP contribution is 2.18. The van der Waals surface area contributed by atoms with Crippen molar-refractivity contribution in [2.75, 3.05) is 26.3 Å². The number of carbonyl (C=O) groups excluding carboxylic acids is 3. The first kappa shape index (κ1) is 16.9. The number of amides is 1. The quantitative estimate of drug-likeness (QED) is 0.754. The summed E-state index contributed by atoms with van der Waals surface area (Å²) in [6, 6.07) is 3.20. The fraction of sp³-hybridized carbons (Fsp3) is 0.500. The van der Waals surface area contributed by atoms with Crippen molar-refractivity contribution in [1.29, 1.82) is 0 Å². The van der Waals surface area contributed by atoms with Gasteiger partial charge in [0.25, 0.3) is 5.91 Å². The molecule has 23 heavy (non-hydrogen) atoms. The Morgan fingerprint density at radius 1 is 1.26 bits per heavy atom. The van der Waals surface area contributed by atoms with Crippen molar-refractivity contribution in [3.63, 3.8) is 0 Å². The molecule has 0 N–H and O–H groups in total. The van der Waals surface area contributed by atoms with E-state index >= 15 is 0 Å². The predicted molar refractivity (Wildman–Crippen MR) is 80.5 cm³/mol. The van der Waals surface area contributed by atoms with Crippen molar-refractivity contribution < 1.29 is 23.9 Å². The standard InChI is InChI=1S/C16H20N2O5/c1-2-22-15(20)12-5-8-18(9-6-12)14(19)11-23-16(21)13-4-3-7-17-10-13/h3-4,7,10,12H,2,5-6,8-9,11H2,1H3. The molecule has 1 aliphatic heterocycles. The molecule has 7 nitrogen and oxygen atoms in total. The summed E-state index contributed by atoms with van der Waals surface area (Å²) in [5.74, 6) is -1.20. The molecule has 1 aliphatic rings. The van der Waals surface area contributed by atoms with E-state index in [9.17, 15) is 14.4 Å². The maximum atomic E-state index is 12.1. The molecular weight excluding hydrogens is 300 g/mol. The van der Waals surface area contributed by atoms with E-state index in [0.717, 1.165) is 0 Å². The normalized spacial score (nSPS) is 15.1. The monoisotopic (exact) mass is 320 g/mol. The van der Waals surface area contributed by atoms with Crippen LogP contribution in [0.3, 0.4) is 0 Å². The van der Waals surface area contributed by atoms with Crippen molar-refractivity contribution in [1.82, 2.24) is 9.88 Å². The third-order valence-electron chi connectivity index (χ3n) is 3.69. The fourth-order valence-corrected chi connectivity index (χ4v) is 2.41. The van der Waals surface area contributed by atoms with Crippen LogP contribution in [0.2, 0.25) is 0 Å². The van der Waals surface area contributed by atoms with Crippen LogP contribution >= 0.6 is 0 Å². The van der Waals surface area contributed by atoms with Crippen LogP contribution in [0.4, 0.5) is 0 Å². The fourth-order valence-electron chi connectivity index (χ4n) is 2.41. The summed E-state index contributed by atoms with van der Waals surface area (Å²) in [5, 5.41) is 0. The van der Waals surface area contributed by atoms with Gasteiger partial charge in [-0.25, -0.2) is 4.79 Å². The summed E-state index contributed by atoms with van der Waals surface area (Å²) in [7, 11) is 0. The van der Waals surface area contributed by atoms with Gasteiger partial charge in [0, 0.05) is 25.5 Å². The highest BCUT2D eigenvalue weighted by Gasteiger charge is 2.28. The van der Waals surface area contributed by atoms with Crippen LogP contribution in [0.5, 0.6) is 0 Å². The maximum Gasteiger partial charge on any atom is 0.340 e. The molecule has 1 amide bonds. The number of hydrogen-bond acceptors (Lipinski definition) is 6. The van der Waals surface area contributed by atoms with Gasteiger partial charge in [-0.1, -0.05) is 0 Å². The molecule has 0 unspecified atom stereocenters. The van der Waals surface area contributed by atoms with Crippen molar-refractivity contribution in [3.05, 3.63) is 30.1 Å². The van der Waals surface area contributed by atoms with Crippen LogP contribution in [0, 0.1) is 5.92 Å². The van der Waals surface area contributed by atoms with E-state index in [0.29, 0.717) is 38.1 Å². The topological polar surface area (TPSA) is 85.8 Å². The number of aromatic nitrogens is 1. The lowest BCUT2D eigenvalue weighted by molar-refractivity contribution is -0.151. The number of esters is 2. The minimum absolute atomic E-state index is 0.156. The van der Waals surface area contributed by atoms with Gasteiger partial charge in [-0.15, -0.1) is 0 Å². The molecule has 7 heteroatoms. The molecule has 124 valence electrons. The molecule has 1 aromatic heterocycles. The number of rotatable bonds is 5. The lowest BCUT2D eigenvalue weighted by Gasteiger charge is -2.30. The van der Waals surface area contributed by atoms with Crippen LogP contribution in [-0.4, -0.2) is 54.0 Å². The van der Waals surface area contributed by atoms with Crippen LogP contribution in [-0.2, 0) is 19.1 Å². The first-order valence-corrected chi connectivity index (χ1v) is 7.63. The Balaban J connectivity index is 1.75. The van der Waals surface area contributed by atoms with Crippen molar-refractivity contribution in [3.8, 4) is 0 Å². The van der Waals surface area contributed by atoms with Crippen molar-refractivity contribution in [2.45, 2.75) is 19.8 Å². The second-order valence-electron chi connectivity index (χ2n) is 5.22. The first-order valence-electron chi connectivity index (χ1n) is 7.63. The zero-order valence-corrected chi connectivity index (χ0v) is 13.1. The second kappa shape index (κ2) is 8.26. The molecule has 1 saturated heterocycles. The highest BCUT2D eigenvalue weighted by atomic mass is 16.5. The molecule has 0 bridgehead atoms. The van der Waals surface area contributed by atoms with Crippen LogP contribution in [0.25, 0.3) is 0 Å². The number of hydrogen-bond donors (Lipinski definition) is 0. The molecule has 2 heterocycles. The molecule has 1 aromatic rings. The molecular formula is C16H20N2O5. The van der Waals surface area contributed by atoms with Gasteiger partial charge in [-0.05, 0) is 31.9 Å². The van der Waals surface area contributed by atoms with Gasteiger partial charge in [0.05, 0.1) is 18.1 Å². The molecule has 0 saturated carbocycles. The van der Waals surface area contributed by atoms with Crippen molar-refractivity contribution in [2.24, 2.45) is 5.92 Å². The molecule has 2 rings (SSSR count). The van der Waals surface area contributed by atoms with E-state index in [1.807, 2.05) is 0 Å². The number of likely N-dealkylation sites (tertiary alicyclic amines) is 1. The Bertz CT molecular complexity index is 553. The summed E-state index contributed by atoms with van der Waals surface area (Å²) < 4.78 is 9.98. The first-order chi connectivity index (χ1) is 11.1. The lowest BCUT2D eigenvalue weighted by atomic mass is 9.97. The summed E-state index contributed by atoms with van der Waals surface area (Å²) >= 11 is 0. The highest BCUT2D eigenvalue weighted by molar-refractivity contribution is 5.91. The zero-order chi connectivity index (χ0) is 16.7. The third-order valence-corrected chi connectivity index (χ3v) is 3.69. The average molecular weight is 320 g/mol. The minimum atomic E-state index is -0.576. The molecule has 1 fully saturated rings. The smallest absolute Gasteiger partial charge is 0.340 e. The van der Waals surface area contributed by atoms with Crippen LogP contribution in [0.1, 0.15) is 30.1 Å². The van der Waals surface area contributed by atoms with Crippen LogP contribution < -0.4 is 0 Å². The number of carbonyl (C=O) groups is 3. The number of nitrogens with zero attached hydrogens (tertiary/aromatic N) is 2. The third kappa shape index (κ3) is 4.77. The Morgan fingerprint density at radius 2 is 2.00 bits per heavy atom. The van der Waals surface area contributed by atoms with Gasteiger partial charge in [0.15, 0.2) is 6.61 Å². The summed E-state index contributed by atoms with van der Waals surface area (Å²) in [4.78, 5) is 40.9. The Morgan fingerprint density at radius 3 is 2.61 bits per heavy atom. The van der Waals surface area contributed by atoms with E-state index in [1.54, 1.807) is 30.2 Å². The van der Waals surface area contributed by atoms with Gasteiger partial charge < -0.3 is 14.4 Å². The molecule has 0 atom stereocenters. The molecule has 0 aliphatic carbocycles. The van der Waals surface area contributed by atoms with E-state index in [-0.39, 0.29) is 24.4 Å². The Labute approximate surface area is 134 Å². The van der Waals surface area contributed by atoms with Crippen molar-refractivity contribution >= 4 is 17.8 Å². The van der Waals surface area contributed by atoms with E-state index < -0.39 is 5.97 Å². The Kier molecular flexibility index (Phi) is 6.08. The average Bonchev–Trinajstić information content (AvgIpc) is 2.60. The summed E-state index contributed by atoms with van der Waals surface area (Å²) in [6.45, 7) is 2.76. The summed E-state index contributed by atoms with van der Waals surface area (Å²) in [6.07, 6.45) is 4.08. The Hall–Kier alpha value is -2.44. The van der Waals surface area contributed by atoms with Gasteiger partial charge >= 0.3 is 11.9 Å². The van der Waals surface area contributed by atoms with Gasteiger partial charge in [-0.3, -0.25) is 14.6 Å². The lowest BCUT2D eigenvalue weighted by Crippen LogP contribution is -2.42. The van der Waals surface area contributed by atoms with Crippen LogP contribution in [0.15, 0.2) is 24.5 Å². The number of piperidine rings is 1. The number of pyridine rings is 1. The SMILES string of the molecule is CCOC(=O)C1CCN(C(=O)COC(=O)c2cccnc2)CC1. The van der Waals surface area contributed by atoms with Gasteiger partial charge in [0.1, 0.15) is 0 Å². The van der Waals surface area contributed by atoms with E-state index in [1.165, 1.54) is 6.20 Å². The minimum Gasteiger partial charge on any atom is -0.466 e. The van der Waals surface area contributed by atoms with Gasteiger partial charge in [-0.2, -0.15) is 0 Å². The van der Waals surface area contributed by atoms with E-state index in [2.05, 4.69) is 4.98 Å². The summed E-state index contributed by atoms with van der Waals surface area (Å²) in [5.41, 5.74) is 0.307.